The summed E-state index contributed by atoms with van der Waals surface area (Å²) in [5.74, 6) is 2.82. The first-order valence-electron chi connectivity index (χ1n) is 12.3. The summed E-state index contributed by atoms with van der Waals surface area (Å²) in [5, 5.41) is 3.63. The van der Waals surface area contributed by atoms with Crippen LogP contribution in [0.15, 0.2) is 48.7 Å². The highest BCUT2D eigenvalue weighted by molar-refractivity contribution is 5.79. The second-order valence-corrected chi connectivity index (χ2v) is 11.2. The molecule has 1 aliphatic heterocycles. The maximum absolute atomic E-state index is 6.18. The summed E-state index contributed by atoms with van der Waals surface area (Å²) < 4.78 is 6.18. The Morgan fingerprint density at radius 1 is 1.12 bits per heavy atom. The predicted molar refractivity (Wildman–Crippen MR) is 132 cm³/mol. The number of hydrogen-bond acceptors (Lipinski definition) is 4. The number of pyridine rings is 1. The lowest BCUT2D eigenvalue weighted by atomic mass is 9.84. The third kappa shape index (κ3) is 2.99. The average molecular weight is 438 g/mol. The van der Waals surface area contributed by atoms with Crippen LogP contribution < -0.4 is 15.0 Å². The van der Waals surface area contributed by atoms with Gasteiger partial charge in [0.15, 0.2) is 0 Å². The fourth-order valence-corrected chi connectivity index (χ4v) is 6.62. The molecule has 2 heterocycles. The first-order valence-corrected chi connectivity index (χ1v) is 12.3. The molecule has 168 valence electrons. The van der Waals surface area contributed by atoms with Gasteiger partial charge in [0.2, 0.25) is 5.88 Å². The molecule has 0 radical (unpaired) electrons. The lowest BCUT2D eigenvalue weighted by molar-refractivity contribution is 0.293. The summed E-state index contributed by atoms with van der Waals surface area (Å²) in [6.45, 7) is 6.19. The Morgan fingerprint density at radius 2 is 2.03 bits per heavy atom. The van der Waals surface area contributed by atoms with Crippen molar-refractivity contribution in [1.82, 2.24) is 4.98 Å². The van der Waals surface area contributed by atoms with Crippen LogP contribution in [0.1, 0.15) is 71.9 Å². The van der Waals surface area contributed by atoms with Gasteiger partial charge >= 0.3 is 0 Å². The Kier molecular flexibility index (Phi) is 3.98. The molecule has 3 unspecified atom stereocenters. The first-order chi connectivity index (χ1) is 16.0. The van der Waals surface area contributed by atoms with E-state index in [1.807, 2.05) is 0 Å². The van der Waals surface area contributed by atoms with Crippen LogP contribution in [0.25, 0.3) is 0 Å². The van der Waals surface area contributed by atoms with E-state index in [0.29, 0.717) is 12.5 Å². The Hall–Kier alpha value is -3.01. The molecular weight excluding hydrogens is 406 g/mol. The van der Waals surface area contributed by atoms with Gasteiger partial charge in [0.05, 0.1) is 18.0 Å². The molecule has 1 fully saturated rings. The number of hydrogen-bond donors (Lipinski definition) is 1. The van der Waals surface area contributed by atoms with Crippen LogP contribution in [0.5, 0.6) is 5.88 Å². The SMILES string of the molecule is CN1CNc2c(C3CC(C)(C)c4ccc(COc5cc6c(cn5)C5CC5C6)cc43)cccc21. The summed E-state index contributed by atoms with van der Waals surface area (Å²) in [4.78, 5) is 6.90. The van der Waals surface area contributed by atoms with Gasteiger partial charge in [-0.1, -0.05) is 44.2 Å². The molecule has 0 saturated heterocycles. The van der Waals surface area contributed by atoms with Gasteiger partial charge in [0, 0.05) is 25.2 Å². The van der Waals surface area contributed by atoms with E-state index in [9.17, 15) is 0 Å². The van der Waals surface area contributed by atoms with Gasteiger partial charge in [0.1, 0.15) is 6.61 Å². The zero-order valence-electron chi connectivity index (χ0n) is 19.7. The molecule has 0 spiro atoms. The molecule has 3 atom stereocenters. The number of nitrogens with one attached hydrogen (secondary N) is 1. The molecule has 2 aromatic carbocycles. The van der Waals surface area contributed by atoms with Gasteiger partial charge in [-0.05, 0) is 76.0 Å². The summed E-state index contributed by atoms with van der Waals surface area (Å²) in [6.07, 6.45) is 5.75. The summed E-state index contributed by atoms with van der Waals surface area (Å²) >= 11 is 0. The summed E-state index contributed by atoms with van der Waals surface area (Å²) in [5.41, 5.74) is 11.2. The van der Waals surface area contributed by atoms with Gasteiger partial charge in [-0.25, -0.2) is 4.98 Å². The zero-order valence-corrected chi connectivity index (χ0v) is 19.7. The van der Waals surface area contributed by atoms with Crippen LogP contribution in [-0.2, 0) is 18.4 Å². The van der Waals surface area contributed by atoms with E-state index in [-0.39, 0.29) is 5.41 Å². The average Bonchev–Trinajstić information content (AvgIpc) is 3.20. The van der Waals surface area contributed by atoms with E-state index >= 15 is 0 Å². The van der Waals surface area contributed by atoms with Crippen molar-refractivity contribution in [3.8, 4) is 5.88 Å². The van der Waals surface area contributed by atoms with Crippen molar-refractivity contribution < 1.29 is 4.74 Å². The van der Waals surface area contributed by atoms with Crippen molar-refractivity contribution in [1.29, 1.82) is 0 Å². The van der Waals surface area contributed by atoms with Gasteiger partial charge in [0.25, 0.3) is 0 Å². The number of ether oxygens (including phenoxy) is 1. The number of nitrogens with zero attached hydrogens (tertiary/aromatic N) is 2. The fraction of sp³-hybridized carbons (Fsp3) is 0.414. The van der Waals surface area contributed by atoms with Crippen LogP contribution in [0.4, 0.5) is 11.4 Å². The van der Waals surface area contributed by atoms with Crippen molar-refractivity contribution in [3.05, 3.63) is 82.0 Å². The van der Waals surface area contributed by atoms with E-state index in [1.54, 1.807) is 0 Å². The number of anilines is 2. The van der Waals surface area contributed by atoms with Crippen molar-refractivity contribution in [3.63, 3.8) is 0 Å². The highest BCUT2D eigenvalue weighted by Gasteiger charge is 2.45. The lowest BCUT2D eigenvalue weighted by Gasteiger charge is -2.20. The zero-order chi connectivity index (χ0) is 22.3. The predicted octanol–water partition coefficient (Wildman–Crippen LogP) is 5.95. The Labute approximate surface area is 196 Å². The number of para-hydroxylation sites is 1. The minimum atomic E-state index is 0.162. The molecule has 33 heavy (non-hydrogen) atoms. The molecule has 4 heteroatoms. The van der Waals surface area contributed by atoms with Crippen LogP contribution in [0.2, 0.25) is 0 Å². The Balaban J connectivity index is 1.18. The van der Waals surface area contributed by atoms with Crippen LogP contribution >= 0.6 is 0 Å². The molecular formula is C29H31N3O. The van der Waals surface area contributed by atoms with E-state index in [2.05, 4.69) is 84.8 Å². The highest BCUT2D eigenvalue weighted by Crippen LogP contribution is 2.56. The monoisotopic (exact) mass is 437 g/mol. The molecule has 1 saturated carbocycles. The topological polar surface area (TPSA) is 37.4 Å². The Bertz CT molecular complexity index is 1280. The molecule has 3 aromatic rings. The van der Waals surface area contributed by atoms with Gasteiger partial charge in [-0.15, -0.1) is 0 Å². The van der Waals surface area contributed by atoms with Crippen LogP contribution in [0.3, 0.4) is 0 Å². The van der Waals surface area contributed by atoms with E-state index < -0.39 is 0 Å². The number of rotatable bonds is 4. The minimum Gasteiger partial charge on any atom is -0.473 e. The van der Waals surface area contributed by atoms with Crippen LogP contribution in [0, 0.1) is 5.92 Å². The molecule has 4 aliphatic rings. The first kappa shape index (κ1) is 19.5. The fourth-order valence-electron chi connectivity index (χ4n) is 6.62. The normalized spacial score (nSPS) is 25.2. The van der Waals surface area contributed by atoms with Crippen molar-refractivity contribution >= 4 is 11.4 Å². The molecule has 7 rings (SSSR count). The minimum absolute atomic E-state index is 0.162. The third-order valence-corrected chi connectivity index (χ3v) is 8.48. The number of benzene rings is 2. The maximum Gasteiger partial charge on any atom is 0.213 e. The number of aromatic nitrogens is 1. The smallest absolute Gasteiger partial charge is 0.213 e. The van der Waals surface area contributed by atoms with E-state index in [0.717, 1.165) is 30.8 Å². The van der Waals surface area contributed by atoms with Crippen LogP contribution in [-0.4, -0.2) is 18.7 Å². The van der Waals surface area contributed by atoms with Crippen molar-refractivity contribution in [2.24, 2.45) is 5.92 Å². The van der Waals surface area contributed by atoms with Gasteiger partial charge < -0.3 is 15.0 Å². The third-order valence-electron chi connectivity index (χ3n) is 8.48. The quantitative estimate of drug-likeness (QED) is 0.547. The van der Waals surface area contributed by atoms with Crippen molar-refractivity contribution in [2.75, 3.05) is 23.9 Å². The molecule has 4 nitrogen and oxygen atoms in total. The summed E-state index contributed by atoms with van der Waals surface area (Å²) in [7, 11) is 2.15. The molecule has 0 bridgehead atoms. The highest BCUT2D eigenvalue weighted by atomic mass is 16.5. The molecule has 3 aliphatic carbocycles. The second-order valence-electron chi connectivity index (χ2n) is 11.2. The number of fused-ring (bicyclic) bond motifs is 5. The van der Waals surface area contributed by atoms with E-state index in [4.69, 9.17) is 4.74 Å². The molecule has 1 N–H and O–H groups in total. The van der Waals surface area contributed by atoms with E-state index in [1.165, 1.54) is 57.6 Å². The maximum atomic E-state index is 6.18. The van der Waals surface area contributed by atoms with Gasteiger partial charge in [-0.2, -0.15) is 0 Å². The largest absolute Gasteiger partial charge is 0.473 e. The lowest BCUT2D eigenvalue weighted by Crippen LogP contribution is -2.15. The Morgan fingerprint density at radius 3 is 2.94 bits per heavy atom. The molecule has 1 aromatic heterocycles. The molecule has 0 amide bonds. The van der Waals surface area contributed by atoms with Gasteiger partial charge in [-0.3, -0.25) is 0 Å². The standard InChI is InChI=1S/C29H31N3O/c1-29(2)13-23(20-5-4-6-26-28(20)31-16-32(26)3)22-9-17(7-8-25(22)29)15-33-27-12-19-10-18-11-21(18)24(19)14-30-27/h4-9,12,14,18,21,23,31H,10-11,13,15-16H2,1-3H3. The summed E-state index contributed by atoms with van der Waals surface area (Å²) in [6, 6.07) is 15.9. The second kappa shape index (κ2) is 6.75. The van der Waals surface area contributed by atoms with Crippen molar-refractivity contribution in [2.45, 2.75) is 57.0 Å².